The lowest BCUT2D eigenvalue weighted by Crippen LogP contribution is -2.65. The van der Waals surface area contributed by atoms with Crippen molar-refractivity contribution < 1.29 is 14.3 Å². The van der Waals surface area contributed by atoms with Crippen LogP contribution in [0.4, 0.5) is 4.79 Å². The summed E-state index contributed by atoms with van der Waals surface area (Å²) in [5.74, 6) is -0.446. The van der Waals surface area contributed by atoms with Crippen LogP contribution >= 0.6 is 0 Å². The second kappa shape index (κ2) is 6.38. The van der Waals surface area contributed by atoms with Crippen LogP contribution < -0.4 is 16.4 Å². The fraction of sp³-hybridized carbons (Fsp3) is 0.429. The average Bonchev–Trinajstić information content (AvgIpc) is 2.37. The van der Waals surface area contributed by atoms with Crippen molar-refractivity contribution in [3.05, 3.63) is 35.9 Å². The molecule has 0 atom stereocenters. The van der Waals surface area contributed by atoms with Gasteiger partial charge in [0.15, 0.2) is 0 Å². The summed E-state index contributed by atoms with van der Waals surface area (Å²) in [6.07, 6.45) is 0.854. The van der Waals surface area contributed by atoms with Crippen molar-refractivity contribution in [1.29, 1.82) is 0 Å². The number of hydrogen-bond donors (Lipinski definition) is 3. The molecule has 0 radical (unpaired) electrons. The summed E-state index contributed by atoms with van der Waals surface area (Å²) < 4.78 is 5.06. The highest BCUT2D eigenvalue weighted by Gasteiger charge is 2.41. The van der Waals surface area contributed by atoms with E-state index in [0.29, 0.717) is 19.8 Å². The van der Waals surface area contributed by atoms with Crippen molar-refractivity contribution in [1.82, 2.24) is 10.6 Å². The molecule has 3 amide bonds. The summed E-state index contributed by atoms with van der Waals surface area (Å²) in [5, 5.41) is 5.54. The third-order valence-electron chi connectivity index (χ3n) is 3.19. The first-order valence-corrected chi connectivity index (χ1v) is 6.56. The van der Waals surface area contributed by atoms with Crippen molar-refractivity contribution in [2.45, 2.75) is 18.4 Å². The number of primary amides is 1. The van der Waals surface area contributed by atoms with Gasteiger partial charge in [-0.25, -0.2) is 4.79 Å². The van der Waals surface area contributed by atoms with E-state index < -0.39 is 11.4 Å². The van der Waals surface area contributed by atoms with Gasteiger partial charge in [-0.05, 0) is 12.0 Å². The first-order chi connectivity index (χ1) is 9.60. The number of amides is 3. The van der Waals surface area contributed by atoms with Gasteiger partial charge < -0.3 is 21.1 Å². The molecule has 6 nitrogen and oxygen atoms in total. The van der Waals surface area contributed by atoms with Crippen LogP contribution in [-0.2, 0) is 16.0 Å². The highest BCUT2D eigenvalue weighted by molar-refractivity contribution is 5.79. The second-order valence-corrected chi connectivity index (χ2v) is 5.03. The Morgan fingerprint density at radius 1 is 1.25 bits per heavy atom. The molecule has 1 fully saturated rings. The summed E-state index contributed by atoms with van der Waals surface area (Å²) in [7, 11) is 0. The van der Waals surface area contributed by atoms with E-state index in [1.165, 1.54) is 0 Å². The van der Waals surface area contributed by atoms with Crippen LogP contribution in [-0.4, -0.2) is 37.2 Å². The fourth-order valence-electron chi connectivity index (χ4n) is 2.15. The number of benzene rings is 1. The van der Waals surface area contributed by atoms with Gasteiger partial charge in [0.05, 0.1) is 25.2 Å². The molecule has 1 aromatic carbocycles. The molecule has 1 aromatic rings. The SMILES string of the molecule is NC(=O)CC1(NC(=O)NCCc2ccccc2)COC1. The Morgan fingerprint density at radius 3 is 2.50 bits per heavy atom. The first kappa shape index (κ1) is 14.3. The molecule has 0 spiro atoms. The lowest BCUT2D eigenvalue weighted by molar-refractivity contribution is -0.127. The van der Waals surface area contributed by atoms with Crippen molar-refractivity contribution in [3.8, 4) is 0 Å². The van der Waals surface area contributed by atoms with Crippen LogP contribution in [0.25, 0.3) is 0 Å². The van der Waals surface area contributed by atoms with Gasteiger partial charge in [-0.3, -0.25) is 4.79 Å². The number of carbonyl (C=O) groups is 2. The summed E-state index contributed by atoms with van der Waals surface area (Å²) in [6, 6.07) is 9.59. The van der Waals surface area contributed by atoms with E-state index >= 15 is 0 Å². The molecule has 1 heterocycles. The minimum Gasteiger partial charge on any atom is -0.376 e. The van der Waals surface area contributed by atoms with Crippen LogP contribution in [0, 0.1) is 0 Å². The molecule has 0 saturated carbocycles. The molecule has 0 unspecified atom stereocenters. The third kappa shape index (κ3) is 3.96. The van der Waals surface area contributed by atoms with Gasteiger partial charge in [0.25, 0.3) is 0 Å². The van der Waals surface area contributed by atoms with Gasteiger partial charge in [0.1, 0.15) is 0 Å². The Morgan fingerprint density at radius 2 is 1.95 bits per heavy atom. The minimum atomic E-state index is -0.636. The number of carbonyl (C=O) groups excluding carboxylic acids is 2. The quantitative estimate of drug-likeness (QED) is 0.692. The molecule has 108 valence electrons. The number of urea groups is 1. The predicted molar refractivity (Wildman–Crippen MR) is 74.0 cm³/mol. The highest BCUT2D eigenvalue weighted by Crippen LogP contribution is 2.20. The molecule has 0 bridgehead atoms. The van der Waals surface area contributed by atoms with Gasteiger partial charge in [0.2, 0.25) is 5.91 Å². The summed E-state index contributed by atoms with van der Waals surface area (Å²) >= 11 is 0. The van der Waals surface area contributed by atoms with Gasteiger partial charge in [-0.15, -0.1) is 0 Å². The van der Waals surface area contributed by atoms with Gasteiger partial charge in [0, 0.05) is 6.54 Å². The molecule has 1 saturated heterocycles. The smallest absolute Gasteiger partial charge is 0.315 e. The number of hydrogen-bond acceptors (Lipinski definition) is 3. The van der Waals surface area contributed by atoms with Gasteiger partial charge in [-0.2, -0.15) is 0 Å². The second-order valence-electron chi connectivity index (χ2n) is 5.03. The fourth-order valence-corrected chi connectivity index (χ4v) is 2.15. The predicted octanol–water partition coefficient (Wildman–Crippen LogP) is 0.173. The maximum atomic E-state index is 11.8. The molecule has 1 aliphatic rings. The van der Waals surface area contributed by atoms with E-state index in [9.17, 15) is 9.59 Å². The van der Waals surface area contributed by atoms with Crippen molar-refractivity contribution in [3.63, 3.8) is 0 Å². The van der Waals surface area contributed by atoms with Crippen molar-refractivity contribution >= 4 is 11.9 Å². The summed E-state index contributed by atoms with van der Waals surface area (Å²) in [6.45, 7) is 1.17. The maximum Gasteiger partial charge on any atom is 0.315 e. The number of nitrogens with one attached hydrogen (secondary N) is 2. The highest BCUT2D eigenvalue weighted by atomic mass is 16.5. The van der Waals surface area contributed by atoms with Crippen LogP contribution in [0.5, 0.6) is 0 Å². The van der Waals surface area contributed by atoms with E-state index in [1.807, 2.05) is 30.3 Å². The Bertz CT molecular complexity index is 472. The van der Waals surface area contributed by atoms with Crippen LogP contribution in [0.3, 0.4) is 0 Å². The Labute approximate surface area is 117 Å². The molecule has 0 aliphatic carbocycles. The molecule has 6 heteroatoms. The molecular weight excluding hydrogens is 258 g/mol. The summed E-state index contributed by atoms with van der Waals surface area (Å²) in [4.78, 5) is 22.8. The van der Waals surface area contributed by atoms with E-state index in [2.05, 4.69) is 10.6 Å². The zero-order chi connectivity index (χ0) is 14.4. The largest absolute Gasteiger partial charge is 0.376 e. The standard InChI is InChI=1S/C14H19N3O3/c15-12(18)8-14(9-20-10-14)17-13(19)16-7-6-11-4-2-1-3-5-11/h1-5H,6-10H2,(H2,15,18)(H2,16,17,19). The third-order valence-corrected chi connectivity index (χ3v) is 3.19. The van der Waals surface area contributed by atoms with Crippen molar-refractivity contribution in [2.24, 2.45) is 5.73 Å². The zero-order valence-electron chi connectivity index (χ0n) is 11.2. The molecule has 1 aliphatic heterocycles. The molecule has 4 N–H and O–H groups in total. The number of nitrogens with two attached hydrogens (primary N) is 1. The monoisotopic (exact) mass is 277 g/mol. The lowest BCUT2D eigenvalue weighted by atomic mass is 9.93. The summed E-state index contributed by atoms with van der Waals surface area (Å²) in [5.41, 5.74) is 5.70. The Balaban J connectivity index is 1.73. The molecule has 0 aromatic heterocycles. The number of ether oxygens (including phenoxy) is 1. The normalized spacial score (nSPS) is 16.0. The van der Waals surface area contributed by atoms with E-state index in [-0.39, 0.29) is 12.5 Å². The average molecular weight is 277 g/mol. The van der Waals surface area contributed by atoms with E-state index in [1.54, 1.807) is 0 Å². The Hall–Kier alpha value is -2.08. The van der Waals surface area contributed by atoms with Gasteiger partial charge >= 0.3 is 6.03 Å². The molecule has 20 heavy (non-hydrogen) atoms. The molecule has 2 rings (SSSR count). The first-order valence-electron chi connectivity index (χ1n) is 6.56. The van der Waals surface area contributed by atoms with Crippen LogP contribution in [0.1, 0.15) is 12.0 Å². The maximum absolute atomic E-state index is 11.8. The van der Waals surface area contributed by atoms with Crippen LogP contribution in [0.15, 0.2) is 30.3 Å². The van der Waals surface area contributed by atoms with E-state index in [4.69, 9.17) is 10.5 Å². The lowest BCUT2D eigenvalue weighted by Gasteiger charge is -2.41. The molecular formula is C14H19N3O3. The van der Waals surface area contributed by atoms with Gasteiger partial charge in [-0.1, -0.05) is 30.3 Å². The zero-order valence-corrected chi connectivity index (χ0v) is 11.2. The van der Waals surface area contributed by atoms with Crippen LogP contribution in [0.2, 0.25) is 0 Å². The number of rotatable bonds is 6. The van der Waals surface area contributed by atoms with Crippen molar-refractivity contribution in [2.75, 3.05) is 19.8 Å². The van der Waals surface area contributed by atoms with E-state index in [0.717, 1.165) is 12.0 Å². The Kier molecular flexibility index (Phi) is 4.57. The topological polar surface area (TPSA) is 93.5 Å². The minimum absolute atomic E-state index is 0.0963.